The van der Waals surface area contributed by atoms with E-state index in [0.717, 1.165) is 43.7 Å². The smallest absolute Gasteiger partial charge is 0.318 e. The molecule has 2 aliphatic heterocycles. The number of thiophene rings is 1. The molecule has 1 aromatic carbocycles. The van der Waals surface area contributed by atoms with Gasteiger partial charge >= 0.3 is 6.03 Å². The van der Waals surface area contributed by atoms with E-state index in [1.54, 1.807) is 0 Å². The molecule has 0 spiro atoms. The van der Waals surface area contributed by atoms with Crippen LogP contribution in [-0.2, 0) is 19.5 Å². The first-order chi connectivity index (χ1) is 16.5. The summed E-state index contributed by atoms with van der Waals surface area (Å²) in [5.41, 5.74) is 6.35. The number of hydrogen-bond donors (Lipinski definition) is 1. The lowest BCUT2D eigenvalue weighted by atomic mass is 9.99. The number of nitrogens with zero attached hydrogens (tertiary/aromatic N) is 3. The number of carbonyl (C=O) groups excluding carboxylic acids is 1. The molecule has 2 aliphatic rings. The van der Waals surface area contributed by atoms with Crippen LogP contribution in [0.5, 0.6) is 0 Å². The molecule has 0 bridgehead atoms. The Morgan fingerprint density at radius 1 is 1.15 bits per heavy atom. The number of fused-ring (bicyclic) bond motifs is 5. The van der Waals surface area contributed by atoms with Gasteiger partial charge in [0.05, 0.1) is 18.3 Å². The number of aryl methyl sites for hydroxylation is 1. The Balaban J connectivity index is 1.59. The highest BCUT2D eigenvalue weighted by Crippen LogP contribution is 2.43. The van der Waals surface area contributed by atoms with E-state index >= 15 is 0 Å². The summed E-state index contributed by atoms with van der Waals surface area (Å²) in [4.78, 5) is 19.8. The SMILES string of the molecule is CCN1CCc2c(sc3c2CN(C(=O)NCCC(C)C)[C@H](c2ccc(C)cc2)c2cccn2-3)C1. The monoisotopic (exact) mass is 476 g/mol. The van der Waals surface area contributed by atoms with E-state index in [9.17, 15) is 4.79 Å². The van der Waals surface area contributed by atoms with Crippen molar-refractivity contribution < 1.29 is 4.79 Å². The number of rotatable bonds is 5. The average molecular weight is 477 g/mol. The van der Waals surface area contributed by atoms with Gasteiger partial charge in [0.1, 0.15) is 5.00 Å². The molecule has 34 heavy (non-hydrogen) atoms. The van der Waals surface area contributed by atoms with Crippen LogP contribution >= 0.6 is 11.3 Å². The van der Waals surface area contributed by atoms with E-state index in [1.807, 2.05) is 11.3 Å². The van der Waals surface area contributed by atoms with Gasteiger partial charge in [-0.25, -0.2) is 4.79 Å². The highest BCUT2D eigenvalue weighted by molar-refractivity contribution is 7.15. The van der Waals surface area contributed by atoms with Crippen LogP contribution in [0.15, 0.2) is 42.6 Å². The van der Waals surface area contributed by atoms with E-state index in [-0.39, 0.29) is 12.1 Å². The Labute approximate surface area is 207 Å². The fourth-order valence-corrected chi connectivity index (χ4v) is 6.62. The molecule has 0 unspecified atom stereocenters. The van der Waals surface area contributed by atoms with Crippen molar-refractivity contribution in [2.75, 3.05) is 19.6 Å². The Bertz CT molecular complexity index is 1160. The Kier molecular flexibility index (Phi) is 6.54. The van der Waals surface area contributed by atoms with Crippen molar-refractivity contribution in [1.82, 2.24) is 19.7 Å². The molecule has 180 valence electrons. The van der Waals surface area contributed by atoms with Crippen LogP contribution in [0.3, 0.4) is 0 Å². The van der Waals surface area contributed by atoms with Crippen molar-refractivity contribution in [1.29, 1.82) is 0 Å². The summed E-state index contributed by atoms with van der Waals surface area (Å²) in [5.74, 6) is 0.562. The summed E-state index contributed by atoms with van der Waals surface area (Å²) in [7, 11) is 0. The third-order valence-corrected chi connectivity index (χ3v) is 8.50. The van der Waals surface area contributed by atoms with Gasteiger partial charge in [-0.2, -0.15) is 0 Å². The molecule has 5 rings (SSSR count). The minimum atomic E-state index is -0.124. The highest BCUT2D eigenvalue weighted by Gasteiger charge is 2.36. The first kappa shape index (κ1) is 23.2. The fourth-order valence-electron chi connectivity index (χ4n) is 5.22. The number of benzene rings is 1. The zero-order valence-electron chi connectivity index (χ0n) is 20.8. The molecule has 4 heterocycles. The van der Waals surface area contributed by atoms with E-state index in [0.29, 0.717) is 19.0 Å². The molecule has 6 heteroatoms. The first-order valence-electron chi connectivity index (χ1n) is 12.6. The van der Waals surface area contributed by atoms with E-state index in [4.69, 9.17) is 0 Å². The molecule has 1 atom stereocenters. The number of aromatic nitrogens is 1. The molecule has 5 nitrogen and oxygen atoms in total. The van der Waals surface area contributed by atoms with Crippen LogP contribution in [0.25, 0.3) is 5.00 Å². The number of urea groups is 1. The van der Waals surface area contributed by atoms with Crippen LogP contribution in [0, 0.1) is 12.8 Å². The largest absolute Gasteiger partial charge is 0.338 e. The average Bonchev–Trinajstić information content (AvgIpc) is 3.41. The van der Waals surface area contributed by atoms with Gasteiger partial charge in [-0.05, 0) is 55.5 Å². The lowest BCUT2D eigenvalue weighted by Gasteiger charge is -2.32. The molecule has 3 aromatic rings. The summed E-state index contributed by atoms with van der Waals surface area (Å²) < 4.78 is 2.35. The van der Waals surface area contributed by atoms with Gasteiger partial charge in [0.15, 0.2) is 0 Å². The number of likely N-dealkylation sites (N-methyl/N-ethyl adjacent to an activating group) is 1. The third kappa shape index (κ3) is 4.29. The number of nitrogens with one attached hydrogen (secondary N) is 1. The lowest BCUT2D eigenvalue weighted by Crippen LogP contribution is -2.42. The zero-order valence-corrected chi connectivity index (χ0v) is 21.6. The van der Waals surface area contributed by atoms with Gasteiger partial charge in [-0.15, -0.1) is 11.3 Å². The molecule has 0 aliphatic carbocycles. The summed E-state index contributed by atoms with van der Waals surface area (Å²) in [6, 6.07) is 12.9. The van der Waals surface area contributed by atoms with Crippen molar-refractivity contribution in [3.05, 3.63) is 75.4 Å². The third-order valence-electron chi connectivity index (χ3n) is 7.24. The predicted molar refractivity (Wildman–Crippen MR) is 140 cm³/mol. The molecule has 0 saturated heterocycles. The van der Waals surface area contributed by atoms with E-state index in [1.165, 1.54) is 26.6 Å². The summed E-state index contributed by atoms with van der Waals surface area (Å²) >= 11 is 1.92. The number of carbonyl (C=O) groups is 1. The molecule has 0 saturated carbocycles. The summed E-state index contributed by atoms with van der Waals surface area (Å²) in [5, 5.41) is 4.53. The van der Waals surface area contributed by atoms with Crippen LogP contribution in [-0.4, -0.2) is 40.0 Å². The Morgan fingerprint density at radius 2 is 1.94 bits per heavy atom. The molecule has 1 N–H and O–H groups in total. The summed E-state index contributed by atoms with van der Waals surface area (Å²) in [6.07, 6.45) is 4.22. The highest BCUT2D eigenvalue weighted by atomic mass is 32.1. The van der Waals surface area contributed by atoms with Crippen molar-refractivity contribution in [3.63, 3.8) is 0 Å². The maximum Gasteiger partial charge on any atom is 0.318 e. The second kappa shape index (κ2) is 9.59. The maximum absolute atomic E-state index is 13.7. The van der Waals surface area contributed by atoms with E-state index in [2.05, 4.69) is 90.0 Å². The van der Waals surface area contributed by atoms with Crippen LogP contribution < -0.4 is 5.32 Å². The standard InChI is InChI=1S/C28H36N4OS/c1-5-30-16-13-22-23-17-32(28(33)29-14-12-19(2)3)26(21-10-8-20(4)9-11-21)24-7-6-15-31(24)27(23)34-25(22)18-30/h6-11,15,19,26H,5,12-14,16-18H2,1-4H3,(H,29,33)/t26-/m1/s1. The van der Waals surface area contributed by atoms with Gasteiger partial charge in [-0.3, -0.25) is 4.90 Å². The minimum Gasteiger partial charge on any atom is -0.338 e. The summed E-state index contributed by atoms with van der Waals surface area (Å²) in [6.45, 7) is 13.3. The van der Waals surface area contributed by atoms with Crippen molar-refractivity contribution in [2.24, 2.45) is 5.92 Å². The number of hydrogen-bond acceptors (Lipinski definition) is 3. The topological polar surface area (TPSA) is 40.5 Å². The second-order valence-electron chi connectivity index (χ2n) is 10.1. The zero-order chi connectivity index (χ0) is 23.8. The molecular formula is C28H36N4OS. The molecule has 2 aromatic heterocycles. The van der Waals surface area contributed by atoms with Gasteiger partial charge < -0.3 is 14.8 Å². The lowest BCUT2D eigenvalue weighted by molar-refractivity contribution is 0.179. The van der Waals surface area contributed by atoms with Gasteiger partial charge in [0.25, 0.3) is 0 Å². The van der Waals surface area contributed by atoms with Crippen molar-refractivity contribution in [3.8, 4) is 5.00 Å². The van der Waals surface area contributed by atoms with Gasteiger partial charge in [0.2, 0.25) is 0 Å². The van der Waals surface area contributed by atoms with Crippen LogP contribution in [0.2, 0.25) is 0 Å². The number of amides is 2. The van der Waals surface area contributed by atoms with Crippen LogP contribution in [0.4, 0.5) is 4.79 Å². The van der Waals surface area contributed by atoms with Crippen molar-refractivity contribution in [2.45, 2.75) is 59.7 Å². The van der Waals surface area contributed by atoms with Gasteiger partial charge in [0, 0.05) is 36.3 Å². The van der Waals surface area contributed by atoms with E-state index < -0.39 is 0 Å². The van der Waals surface area contributed by atoms with Crippen molar-refractivity contribution >= 4 is 17.4 Å². The molecule has 2 amide bonds. The molecule has 0 fully saturated rings. The van der Waals surface area contributed by atoms with Gasteiger partial charge in [-0.1, -0.05) is 50.6 Å². The molecule has 0 radical (unpaired) electrons. The Morgan fingerprint density at radius 3 is 2.68 bits per heavy atom. The second-order valence-corrected chi connectivity index (χ2v) is 11.1. The normalized spacial score (nSPS) is 17.8. The molecular weight excluding hydrogens is 440 g/mol. The first-order valence-corrected chi connectivity index (χ1v) is 13.4. The quantitative estimate of drug-likeness (QED) is 0.499. The fraction of sp³-hybridized carbons (Fsp3) is 0.464. The minimum absolute atomic E-state index is 0.0257. The van der Waals surface area contributed by atoms with Crippen LogP contribution in [0.1, 0.15) is 66.1 Å². The maximum atomic E-state index is 13.7. The predicted octanol–water partition coefficient (Wildman–Crippen LogP) is 5.89. The Hall–Kier alpha value is -2.57.